The Hall–Kier alpha value is -0.780. The fourth-order valence-electron chi connectivity index (χ4n) is 3.45. The van der Waals surface area contributed by atoms with Crippen molar-refractivity contribution in [1.29, 1.82) is 0 Å². The van der Waals surface area contributed by atoms with Crippen LogP contribution in [0.5, 0.6) is 0 Å². The molecular weight excluding hydrogens is 192 g/mol. The highest BCUT2D eigenvalue weighted by molar-refractivity contribution is 5.52. The second-order valence-corrected chi connectivity index (χ2v) is 6.87. The maximum atomic E-state index is 2.41. The van der Waals surface area contributed by atoms with Crippen LogP contribution >= 0.6 is 0 Å². The molecule has 88 valence electrons. The van der Waals surface area contributed by atoms with Gasteiger partial charge in [-0.1, -0.05) is 59.7 Å². The standard InChI is InChI=1S/C16H24/c1-11-9-8-10-12-13(11)15(4,5)16(6,7)14(12,2)3/h8-10H,1-7H3. The largest absolute Gasteiger partial charge is 0.0617 e. The minimum Gasteiger partial charge on any atom is -0.0617 e. The zero-order chi connectivity index (χ0) is 12.4. The average molecular weight is 216 g/mol. The summed E-state index contributed by atoms with van der Waals surface area (Å²) in [6.45, 7) is 16.6. The molecule has 1 aromatic rings. The van der Waals surface area contributed by atoms with Crippen molar-refractivity contribution in [2.75, 3.05) is 0 Å². The number of rotatable bonds is 0. The second-order valence-electron chi connectivity index (χ2n) is 6.87. The minimum absolute atomic E-state index is 0.247. The van der Waals surface area contributed by atoms with E-state index in [4.69, 9.17) is 0 Å². The van der Waals surface area contributed by atoms with E-state index in [1.54, 1.807) is 11.1 Å². The van der Waals surface area contributed by atoms with Gasteiger partial charge in [0.2, 0.25) is 0 Å². The molecule has 1 aromatic carbocycles. The first-order valence-electron chi connectivity index (χ1n) is 6.24. The lowest BCUT2D eigenvalue weighted by molar-refractivity contribution is 0.124. The van der Waals surface area contributed by atoms with Crippen molar-refractivity contribution >= 4 is 0 Å². The summed E-state index contributed by atoms with van der Waals surface area (Å²) in [5, 5.41) is 0. The molecule has 0 fully saturated rings. The van der Waals surface area contributed by atoms with Gasteiger partial charge < -0.3 is 0 Å². The molecule has 0 saturated carbocycles. The van der Waals surface area contributed by atoms with Crippen molar-refractivity contribution < 1.29 is 0 Å². The van der Waals surface area contributed by atoms with Gasteiger partial charge in [-0.15, -0.1) is 0 Å². The highest BCUT2D eigenvalue weighted by Crippen LogP contribution is 2.61. The number of fused-ring (bicyclic) bond motifs is 1. The molecule has 2 rings (SSSR count). The summed E-state index contributed by atoms with van der Waals surface area (Å²) in [7, 11) is 0. The van der Waals surface area contributed by atoms with E-state index in [1.807, 2.05) is 0 Å². The Morgan fingerprint density at radius 1 is 0.812 bits per heavy atom. The predicted octanol–water partition coefficient (Wildman–Crippen LogP) is 4.59. The molecule has 0 amide bonds. The zero-order valence-electron chi connectivity index (χ0n) is 11.7. The molecule has 0 spiro atoms. The van der Waals surface area contributed by atoms with Crippen LogP contribution in [-0.2, 0) is 10.8 Å². The molecule has 1 aliphatic rings. The Morgan fingerprint density at radius 2 is 1.38 bits per heavy atom. The van der Waals surface area contributed by atoms with Crippen molar-refractivity contribution in [2.24, 2.45) is 5.41 Å². The third-order valence-corrected chi connectivity index (χ3v) is 5.70. The van der Waals surface area contributed by atoms with E-state index in [0.717, 1.165) is 0 Å². The fraction of sp³-hybridized carbons (Fsp3) is 0.625. The maximum Gasteiger partial charge on any atom is -0.00386 e. The molecule has 16 heavy (non-hydrogen) atoms. The molecule has 1 aliphatic carbocycles. The van der Waals surface area contributed by atoms with Crippen molar-refractivity contribution in [3.8, 4) is 0 Å². The first kappa shape index (κ1) is 11.7. The summed E-state index contributed by atoms with van der Waals surface area (Å²) in [5.41, 5.74) is 5.34. The van der Waals surface area contributed by atoms with Crippen LogP contribution < -0.4 is 0 Å². The number of hydrogen-bond donors (Lipinski definition) is 0. The van der Waals surface area contributed by atoms with Crippen molar-refractivity contribution in [3.05, 3.63) is 34.9 Å². The van der Waals surface area contributed by atoms with Gasteiger partial charge >= 0.3 is 0 Å². The van der Waals surface area contributed by atoms with Gasteiger partial charge in [0.05, 0.1) is 0 Å². The molecule has 0 heteroatoms. The van der Waals surface area contributed by atoms with Crippen LogP contribution in [-0.4, -0.2) is 0 Å². The van der Waals surface area contributed by atoms with E-state index in [2.05, 4.69) is 66.7 Å². The Morgan fingerprint density at radius 3 is 1.88 bits per heavy atom. The third kappa shape index (κ3) is 1.06. The molecule has 0 unspecified atom stereocenters. The summed E-state index contributed by atoms with van der Waals surface area (Å²) in [6, 6.07) is 6.77. The van der Waals surface area contributed by atoms with Gasteiger partial charge in [-0.2, -0.15) is 0 Å². The average Bonchev–Trinajstić information content (AvgIpc) is 2.25. The molecular formula is C16H24. The third-order valence-electron chi connectivity index (χ3n) is 5.70. The molecule has 0 heterocycles. The lowest BCUT2D eigenvalue weighted by atomic mass is 9.59. The minimum atomic E-state index is 0.247. The second kappa shape index (κ2) is 2.91. The van der Waals surface area contributed by atoms with Crippen molar-refractivity contribution in [1.82, 2.24) is 0 Å². The van der Waals surface area contributed by atoms with Crippen LogP contribution in [0.1, 0.15) is 58.2 Å². The van der Waals surface area contributed by atoms with E-state index in [1.165, 1.54) is 5.56 Å². The van der Waals surface area contributed by atoms with E-state index in [-0.39, 0.29) is 16.2 Å². The van der Waals surface area contributed by atoms with E-state index in [9.17, 15) is 0 Å². The molecule has 0 atom stereocenters. The van der Waals surface area contributed by atoms with Crippen LogP contribution in [0.4, 0.5) is 0 Å². The van der Waals surface area contributed by atoms with E-state index in [0.29, 0.717) is 0 Å². The van der Waals surface area contributed by atoms with Gasteiger partial charge in [0.1, 0.15) is 0 Å². The van der Waals surface area contributed by atoms with E-state index < -0.39 is 0 Å². The molecule has 0 aromatic heterocycles. The molecule has 0 aliphatic heterocycles. The Labute approximate surface area is 100 Å². The molecule has 0 radical (unpaired) electrons. The van der Waals surface area contributed by atoms with Gasteiger partial charge in [0.25, 0.3) is 0 Å². The number of aryl methyl sites for hydroxylation is 1. The molecule has 0 nitrogen and oxygen atoms in total. The van der Waals surface area contributed by atoms with Crippen LogP contribution in [0, 0.1) is 12.3 Å². The summed E-state index contributed by atoms with van der Waals surface area (Å²) in [4.78, 5) is 0. The fourth-order valence-corrected chi connectivity index (χ4v) is 3.45. The molecule has 0 saturated heterocycles. The maximum absolute atomic E-state index is 2.41. The number of benzene rings is 1. The van der Waals surface area contributed by atoms with Crippen LogP contribution in [0.3, 0.4) is 0 Å². The predicted molar refractivity (Wildman–Crippen MR) is 71.0 cm³/mol. The first-order chi connectivity index (χ1) is 7.14. The Kier molecular flexibility index (Phi) is 2.13. The monoisotopic (exact) mass is 216 g/mol. The van der Waals surface area contributed by atoms with Gasteiger partial charge in [-0.05, 0) is 39.9 Å². The van der Waals surface area contributed by atoms with Gasteiger partial charge in [-0.25, -0.2) is 0 Å². The van der Waals surface area contributed by atoms with Crippen LogP contribution in [0.25, 0.3) is 0 Å². The van der Waals surface area contributed by atoms with Crippen LogP contribution in [0.2, 0.25) is 0 Å². The number of hydrogen-bond acceptors (Lipinski definition) is 0. The molecule has 0 bridgehead atoms. The highest BCUT2D eigenvalue weighted by atomic mass is 14.6. The molecule has 0 N–H and O–H groups in total. The normalized spacial score (nSPS) is 24.2. The Bertz CT molecular complexity index is 433. The summed E-state index contributed by atoms with van der Waals surface area (Å²) < 4.78 is 0. The van der Waals surface area contributed by atoms with Gasteiger partial charge in [0, 0.05) is 0 Å². The Balaban J connectivity index is 2.84. The van der Waals surface area contributed by atoms with Gasteiger partial charge in [0.15, 0.2) is 0 Å². The quantitative estimate of drug-likeness (QED) is 0.595. The van der Waals surface area contributed by atoms with E-state index >= 15 is 0 Å². The first-order valence-corrected chi connectivity index (χ1v) is 6.24. The van der Waals surface area contributed by atoms with Gasteiger partial charge in [-0.3, -0.25) is 0 Å². The highest BCUT2D eigenvalue weighted by Gasteiger charge is 2.57. The summed E-state index contributed by atoms with van der Waals surface area (Å²) in [6.07, 6.45) is 0. The van der Waals surface area contributed by atoms with Crippen molar-refractivity contribution in [3.63, 3.8) is 0 Å². The SMILES string of the molecule is Cc1cccc2c1C(C)(C)C(C)(C)C2(C)C. The summed E-state index contributed by atoms with van der Waals surface area (Å²) >= 11 is 0. The topological polar surface area (TPSA) is 0 Å². The van der Waals surface area contributed by atoms with Crippen molar-refractivity contribution in [2.45, 2.75) is 59.3 Å². The lowest BCUT2D eigenvalue weighted by Gasteiger charge is -2.44. The smallest absolute Gasteiger partial charge is 0.00386 e. The summed E-state index contributed by atoms with van der Waals surface area (Å²) in [5.74, 6) is 0. The zero-order valence-corrected chi connectivity index (χ0v) is 11.7. The lowest BCUT2D eigenvalue weighted by Crippen LogP contribution is -2.42. The van der Waals surface area contributed by atoms with Crippen LogP contribution in [0.15, 0.2) is 18.2 Å².